The summed E-state index contributed by atoms with van der Waals surface area (Å²) < 4.78 is 14.1. The van der Waals surface area contributed by atoms with E-state index in [-0.39, 0.29) is 10.6 Å². The third-order valence-corrected chi connectivity index (χ3v) is 4.10. The van der Waals surface area contributed by atoms with Gasteiger partial charge in [0.05, 0.1) is 5.02 Å². The zero-order chi connectivity index (χ0) is 15.0. The number of halogens is 3. The molecule has 0 aliphatic carbocycles. The summed E-state index contributed by atoms with van der Waals surface area (Å²) in [6.07, 6.45) is -1.11. The van der Waals surface area contributed by atoms with Crippen LogP contribution in [0.25, 0.3) is 10.8 Å². The summed E-state index contributed by atoms with van der Waals surface area (Å²) >= 11 is 11.9. The second-order valence-corrected chi connectivity index (χ2v) is 5.54. The Labute approximate surface area is 131 Å². The molecule has 0 radical (unpaired) electrons. The number of rotatable bonds is 2. The van der Waals surface area contributed by atoms with E-state index in [4.69, 9.17) is 23.2 Å². The van der Waals surface area contributed by atoms with Crippen LogP contribution in [0.1, 0.15) is 17.2 Å². The highest BCUT2D eigenvalue weighted by molar-refractivity contribution is 6.35. The molecule has 0 aromatic heterocycles. The largest absolute Gasteiger partial charge is 0.384 e. The first-order valence-corrected chi connectivity index (χ1v) is 7.14. The molecule has 0 bridgehead atoms. The molecule has 1 atom stereocenters. The first-order chi connectivity index (χ1) is 10.1. The van der Waals surface area contributed by atoms with Crippen molar-refractivity contribution in [2.45, 2.75) is 6.10 Å². The molecule has 1 nitrogen and oxygen atoms in total. The van der Waals surface area contributed by atoms with E-state index >= 15 is 0 Å². The van der Waals surface area contributed by atoms with Crippen LogP contribution in [0.15, 0.2) is 54.6 Å². The minimum Gasteiger partial charge on any atom is -0.384 e. The van der Waals surface area contributed by atoms with E-state index in [1.807, 2.05) is 24.3 Å². The fourth-order valence-corrected chi connectivity index (χ4v) is 2.83. The summed E-state index contributed by atoms with van der Waals surface area (Å²) in [5, 5.41) is 12.7. The van der Waals surface area contributed by atoms with Crippen molar-refractivity contribution in [2.24, 2.45) is 0 Å². The van der Waals surface area contributed by atoms with Gasteiger partial charge in [0, 0.05) is 16.0 Å². The lowest BCUT2D eigenvalue weighted by atomic mass is 9.95. The second kappa shape index (κ2) is 5.64. The number of aliphatic hydroxyl groups excluding tert-OH is 1. The van der Waals surface area contributed by atoms with Gasteiger partial charge in [0.15, 0.2) is 0 Å². The lowest BCUT2D eigenvalue weighted by Gasteiger charge is -2.16. The maximum absolute atomic E-state index is 14.1. The molecule has 0 fully saturated rings. The highest BCUT2D eigenvalue weighted by Gasteiger charge is 2.19. The van der Waals surface area contributed by atoms with Gasteiger partial charge >= 0.3 is 0 Å². The normalized spacial score (nSPS) is 12.6. The van der Waals surface area contributed by atoms with Crippen LogP contribution < -0.4 is 0 Å². The van der Waals surface area contributed by atoms with Gasteiger partial charge in [-0.05, 0) is 23.1 Å². The molecule has 1 N–H and O–H groups in total. The van der Waals surface area contributed by atoms with Crippen LogP contribution in [0.3, 0.4) is 0 Å². The molecule has 3 aromatic rings. The quantitative estimate of drug-likeness (QED) is 0.673. The van der Waals surface area contributed by atoms with Crippen LogP contribution in [0.5, 0.6) is 0 Å². The molecule has 0 aliphatic rings. The minimum atomic E-state index is -1.11. The van der Waals surface area contributed by atoms with E-state index in [9.17, 15) is 9.50 Å². The summed E-state index contributed by atoms with van der Waals surface area (Å²) in [6, 6.07) is 15.4. The smallest absolute Gasteiger partial charge is 0.147 e. The van der Waals surface area contributed by atoms with Gasteiger partial charge in [-0.15, -0.1) is 0 Å². The molecule has 0 spiro atoms. The average Bonchev–Trinajstić information content (AvgIpc) is 2.50. The van der Waals surface area contributed by atoms with Gasteiger partial charge in [0.25, 0.3) is 0 Å². The van der Waals surface area contributed by atoms with Crippen molar-refractivity contribution in [1.82, 2.24) is 0 Å². The highest BCUT2D eigenvalue weighted by Crippen LogP contribution is 2.34. The van der Waals surface area contributed by atoms with E-state index < -0.39 is 11.9 Å². The lowest BCUT2D eigenvalue weighted by molar-refractivity contribution is 0.216. The molecule has 0 saturated carbocycles. The van der Waals surface area contributed by atoms with Crippen LogP contribution in [0.2, 0.25) is 10.0 Å². The first-order valence-electron chi connectivity index (χ1n) is 6.38. The number of hydrogen-bond acceptors (Lipinski definition) is 1. The monoisotopic (exact) mass is 320 g/mol. The Hall–Kier alpha value is -1.61. The van der Waals surface area contributed by atoms with Crippen molar-refractivity contribution in [2.75, 3.05) is 0 Å². The Kier molecular flexibility index (Phi) is 3.85. The Balaban J connectivity index is 2.21. The third-order valence-electron chi connectivity index (χ3n) is 3.48. The van der Waals surface area contributed by atoms with Gasteiger partial charge in [-0.1, -0.05) is 65.7 Å². The Morgan fingerprint density at radius 1 is 0.762 bits per heavy atom. The van der Waals surface area contributed by atoms with Crippen molar-refractivity contribution in [1.29, 1.82) is 0 Å². The molecule has 4 heteroatoms. The predicted octanol–water partition coefficient (Wildman–Crippen LogP) is 5.37. The van der Waals surface area contributed by atoms with E-state index in [1.165, 1.54) is 12.1 Å². The molecule has 0 saturated heterocycles. The van der Waals surface area contributed by atoms with E-state index in [1.54, 1.807) is 18.2 Å². The summed E-state index contributed by atoms with van der Waals surface area (Å²) in [5.74, 6) is -0.606. The number of aliphatic hydroxyl groups is 1. The van der Waals surface area contributed by atoms with E-state index in [0.29, 0.717) is 10.6 Å². The molecular formula is C17H11Cl2FO. The fourth-order valence-electron chi connectivity index (χ4n) is 2.42. The molecular weight excluding hydrogens is 310 g/mol. The summed E-state index contributed by atoms with van der Waals surface area (Å²) in [4.78, 5) is 0. The molecule has 106 valence electrons. The van der Waals surface area contributed by atoms with E-state index in [2.05, 4.69) is 0 Å². The first kappa shape index (κ1) is 14.3. The maximum Gasteiger partial charge on any atom is 0.147 e. The number of fused-ring (bicyclic) bond motifs is 1. The standard InChI is InChI=1S/C17H11Cl2FO/c18-14-9-8-12(10-4-1-2-5-11(10)14)17(21)13-6-3-7-15(19)16(13)20/h1-9,17,21H. The molecule has 3 aromatic carbocycles. The highest BCUT2D eigenvalue weighted by atomic mass is 35.5. The minimum absolute atomic E-state index is 0.00943. The zero-order valence-corrected chi connectivity index (χ0v) is 12.4. The fraction of sp³-hybridized carbons (Fsp3) is 0.0588. The van der Waals surface area contributed by atoms with Crippen LogP contribution in [-0.2, 0) is 0 Å². The topological polar surface area (TPSA) is 20.2 Å². The lowest BCUT2D eigenvalue weighted by Crippen LogP contribution is -2.03. The van der Waals surface area contributed by atoms with Crippen molar-refractivity contribution in [3.63, 3.8) is 0 Å². The van der Waals surface area contributed by atoms with Gasteiger partial charge < -0.3 is 5.11 Å². The van der Waals surface area contributed by atoms with Gasteiger partial charge in [-0.2, -0.15) is 0 Å². The summed E-state index contributed by atoms with van der Waals surface area (Å²) in [5.41, 5.74) is 0.742. The number of hydrogen-bond donors (Lipinski definition) is 1. The Bertz CT molecular complexity index is 817. The number of benzene rings is 3. The van der Waals surface area contributed by atoms with Crippen molar-refractivity contribution >= 4 is 34.0 Å². The Morgan fingerprint density at radius 2 is 1.48 bits per heavy atom. The van der Waals surface area contributed by atoms with Crippen LogP contribution >= 0.6 is 23.2 Å². The van der Waals surface area contributed by atoms with Crippen LogP contribution in [-0.4, -0.2) is 5.11 Å². The zero-order valence-electron chi connectivity index (χ0n) is 10.9. The van der Waals surface area contributed by atoms with Crippen LogP contribution in [0, 0.1) is 5.82 Å². The Morgan fingerprint density at radius 3 is 2.24 bits per heavy atom. The molecule has 0 amide bonds. The van der Waals surface area contributed by atoms with Gasteiger partial charge in [0.1, 0.15) is 11.9 Å². The molecule has 21 heavy (non-hydrogen) atoms. The van der Waals surface area contributed by atoms with Gasteiger partial charge in [0.2, 0.25) is 0 Å². The van der Waals surface area contributed by atoms with Crippen molar-refractivity contribution in [3.8, 4) is 0 Å². The van der Waals surface area contributed by atoms with Crippen molar-refractivity contribution in [3.05, 3.63) is 81.6 Å². The predicted molar refractivity (Wildman–Crippen MR) is 84.4 cm³/mol. The summed E-state index contributed by atoms with van der Waals surface area (Å²) in [6.45, 7) is 0. The summed E-state index contributed by atoms with van der Waals surface area (Å²) in [7, 11) is 0. The molecule has 0 heterocycles. The van der Waals surface area contributed by atoms with Gasteiger partial charge in [-0.25, -0.2) is 4.39 Å². The van der Waals surface area contributed by atoms with E-state index in [0.717, 1.165) is 10.8 Å². The molecule has 0 aliphatic heterocycles. The average molecular weight is 321 g/mol. The second-order valence-electron chi connectivity index (χ2n) is 4.73. The SMILES string of the molecule is OC(c1cccc(Cl)c1F)c1ccc(Cl)c2ccccc12. The maximum atomic E-state index is 14.1. The third kappa shape index (κ3) is 2.51. The van der Waals surface area contributed by atoms with Gasteiger partial charge in [-0.3, -0.25) is 0 Å². The van der Waals surface area contributed by atoms with Crippen LogP contribution in [0.4, 0.5) is 4.39 Å². The molecule has 1 unspecified atom stereocenters. The molecule has 3 rings (SSSR count). The van der Waals surface area contributed by atoms with Crippen molar-refractivity contribution < 1.29 is 9.50 Å².